The zero-order valence-corrected chi connectivity index (χ0v) is 19.0. The van der Waals surface area contributed by atoms with Gasteiger partial charge in [-0.15, -0.1) is 0 Å². The first-order valence-electron chi connectivity index (χ1n) is 10.7. The maximum atomic E-state index is 13.6. The molecule has 0 aliphatic carbocycles. The van der Waals surface area contributed by atoms with Crippen LogP contribution in [0.25, 0.3) is 11.5 Å². The van der Waals surface area contributed by atoms with Crippen molar-refractivity contribution in [2.24, 2.45) is 5.92 Å². The van der Waals surface area contributed by atoms with Crippen molar-refractivity contribution >= 4 is 15.7 Å². The van der Waals surface area contributed by atoms with Crippen LogP contribution in [0.4, 0.5) is 5.88 Å². The largest absolute Gasteiger partial charge is 0.496 e. The molecule has 0 amide bonds. The van der Waals surface area contributed by atoms with Crippen LogP contribution in [0.2, 0.25) is 0 Å². The van der Waals surface area contributed by atoms with E-state index in [1.165, 1.54) is 0 Å². The summed E-state index contributed by atoms with van der Waals surface area (Å²) < 4.78 is 38.7. The number of para-hydroxylation sites is 1. The Labute approximate surface area is 183 Å². The summed E-state index contributed by atoms with van der Waals surface area (Å²) in [4.78, 5) is 6.72. The summed E-state index contributed by atoms with van der Waals surface area (Å²) in [5.74, 6) is 1.75. The average Bonchev–Trinajstić information content (AvgIpc) is 3.26. The second-order valence-corrected chi connectivity index (χ2v) is 9.87. The van der Waals surface area contributed by atoms with Gasteiger partial charge in [-0.1, -0.05) is 38.1 Å². The van der Waals surface area contributed by atoms with Gasteiger partial charge >= 0.3 is 0 Å². The van der Waals surface area contributed by atoms with E-state index >= 15 is 0 Å². The van der Waals surface area contributed by atoms with Crippen LogP contribution in [0.3, 0.4) is 0 Å². The molecule has 6 nitrogen and oxygen atoms in total. The van der Waals surface area contributed by atoms with Crippen molar-refractivity contribution in [1.82, 2.24) is 4.98 Å². The number of piperidine rings is 1. The lowest BCUT2D eigenvalue weighted by Gasteiger charge is -2.30. The normalized spacial score (nSPS) is 15.3. The predicted octanol–water partition coefficient (Wildman–Crippen LogP) is 4.98. The molecular formula is C24H28N2O4S. The topological polar surface area (TPSA) is 72.6 Å². The molecule has 1 fully saturated rings. The van der Waals surface area contributed by atoms with Gasteiger partial charge in [-0.25, -0.2) is 8.42 Å². The number of ether oxygens (including phenoxy) is 1. The lowest BCUT2D eigenvalue weighted by molar-refractivity contribution is 0.409. The number of aromatic nitrogens is 1. The van der Waals surface area contributed by atoms with Crippen molar-refractivity contribution in [2.75, 3.05) is 25.1 Å². The monoisotopic (exact) mass is 440 g/mol. The molecule has 0 bridgehead atoms. The third-order valence-corrected chi connectivity index (χ3v) is 7.55. The van der Waals surface area contributed by atoms with Crippen molar-refractivity contribution in [3.8, 4) is 17.2 Å². The first kappa shape index (κ1) is 21.4. The van der Waals surface area contributed by atoms with Crippen LogP contribution >= 0.6 is 0 Å². The molecule has 0 radical (unpaired) electrons. The molecular weight excluding hydrogens is 412 g/mol. The van der Waals surface area contributed by atoms with Gasteiger partial charge in [-0.2, -0.15) is 4.98 Å². The minimum absolute atomic E-state index is 0.0350. The first-order chi connectivity index (χ1) is 14.9. The van der Waals surface area contributed by atoms with Gasteiger partial charge in [0.1, 0.15) is 5.75 Å². The van der Waals surface area contributed by atoms with Gasteiger partial charge in [0.2, 0.25) is 26.6 Å². The van der Waals surface area contributed by atoms with Crippen LogP contribution in [-0.4, -0.2) is 33.6 Å². The summed E-state index contributed by atoms with van der Waals surface area (Å²) in [7, 11) is -2.28. The summed E-state index contributed by atoms with van der Waals surface area (Å²) >= 11 is 0. The van der Waals surface area contributed by atoms with Crippen LogP contribution in [0.15, 0.2) is 62.9 Å². The Bertz CT molecular complexity index is 1140. The minimum Gasteiger partial charge on any atom is -0.496 e. The number of rotatable bonds is 6. The molecule has 0 spiro atoms. The molecule has 0 N–H and O–H groups in total. The smallest absolute Gasteiger partial charge is 0.236 e. The number of sulfone groups is 1. The fourth-order valence-corrected chi connectivity index (χ4v) is 5.16. The van der Waals surface area contributed by atoms with E-state index in [9.17, 15) is 8.42 Å². The Hall–Kier alpha value is -2.80. The van der Waals surface area contributed by atoms with E-state index in [0.717, 1.165) is 37.9 Å². The Balaban J connectivity index is 1.84. The Morgan fingerprint density at radius 2 is 1.77 bits per heavy atom. The number of methoxy groups -OCH3 is 1. The second kappa shape index (κ2) is 8.75. The number of benzene rings is 2. The van der Waals surface area contributed by atoms with Crippen LogP contribution in [0.1, 0.15) is 32.3 Å². The van der Waals surface area contributed by atoms with Crippen molar-refractivity contribution in [3.05, 3.63) is 54.1 Å². The first-order valence-corrected chi connectivity index (χ1v) is 12.2. The van der Waals surface area contributed by atoms with E-state index in [4.69, 9.17) is 9.15 Å². The lowest BCUT2D eigenvalue weighted by atomic mass is 9.99. The number of nitrogens with zero attached hydrogens (tertiary/aromatic N) is 2. The lowest BCUT2D eigenvalue weighted by Crippen LogP contribution is -2.33. The zero-order chi connectivity index (χ0) is 22.0. The SMILES string of the molecule is CCc1ccc(S(=O)(=O)c2nc(-c3ccccc3OC)oc2N2CCC(C)CC2)cc1. The van der Waals surface area contributed by atoms with Crippen molar-refractivity contribution in [1.29, 1.82) is 0 Å². The van der Waals surface area contributed by atoms with Gasteiger partial charge in [-0.05, 0) is 55.0 Å². The van der Waals surface area contributed by atoms with Gasteiger partial charge in [0.05, 0.1) is 17.6 Å². The van der Waals surface area contributed by atoms with Gasteiger partial charge < -0.3 is 14.1 Å². The fraction of sp³-hybridized carbons (Fsp3) is 0.375. The number of hydrogen-bond acceptors (Lipinski definition) is 6. The highest BCUT2D eigenvalue weighted by Crippen LogP contribution is 2.38. The Kier molecular flexibility index (Phi) is 6.05. The van der Waals surface area contributed by atoms with Crippen molar-refractivity contribution in [2.45, 2.75) is 43.0 Å². The highest BCUT2D eigenvalue weighted by atomic mass is 32.2. The van der Waals surface area contributed by atoms with Crippen LogP contribution in [0, 0.1) is 5.92 Å². The van der Waals surface area contributed by atoms with E-state index in [-0.39, 0.29) is 15.8 Å². The van der Waals surface area contributed by atoms with Crippen LogP contribution in [0.5, 0.6) is 5.75 Å². The number of aryl methyl sites for hydroxylation is 1. The molecule has 1 aliphatic heterocycles. The summed E-state index contributed by atoms with van der Waals surface area (Å²) in [5, 5.41) is -0.0350. The van der Waals surface area contributed by atoms with E-state index in [1.54, 1.807) is 25.3 Å². The van der Waals surface area contributed by atoms with E-state index in [1.807, 2.05) is 42.2 Å². The summed E-state index contributed by atoms with van der Waals surface area (Å²) in [6.07, 6.45) is 2.81. The summed E-state index contributed by atoms with van der Waals surface area (Å²) in [6, 6.07) is 14.3. The quantitative estimate of drug-likeness (QED) is 0.538. The molecule has 3 aromatic rings. The predicted molar refractivity (Wildman–Crippen MR) is 120 cm³/mol. The highest BCUT2D eigenvalue weighted by molar-refractivity contribution is 7.91. The van der Waals surface area contributed by atoms with E-state index < -0.39 is 9.84 Å². The number of oxazole rings is 1. The molecule has 0 atom stereocenters. The molecule has 1 saturated heterocycles. The van der Waals surface area contributed by atoms with Gasteiger partial charge in [0.25, 0.3) is 0 Å². The maximum Gasteiger partial charge on any atom is 0.236 e. The molecule has 0 saturated carbocycles. The molecule has 7 heteroatoms. The molecule has 2 heterocycles. The zero-order valence-electron chi connectivity index (χ0n) is 18.2. The standard InChI is InChI=1S/C24H28N2O4S/c1-4-18-9-11-19(12-10-18)31(27,28)23-24(26-15-13-17(2)14-16-26)30-22(25-23)20-7-5-6-8-21(20)29-3/h5-12,17H,4,13-16H2,1-3H3. The van der Waals surface area contributed by atoms with Crippen molar-refractivity contribution in [3.63, 3.8) is 0 Å². The third-order valence-electron chi connectivity index (χ3n) is 5.88. The molecule has 4 rings (SSSR count). The molecule has 0 unspecified atom stereocenters. The van der Waals surface area contributed by atoms with Crippen LogP contribution in [-0.2, 0) is 16.3 Å². The molecule has 164 valence electrons. The highest BCUT2D eigenvalue weighted by Gasteiger charge is 2.33. The molecule has 2 aromatic carbocycles. The molecule has 1 aromatic heterocycles. The molecule has 1 aliphatic rings. The minimum atomic E-state index is -3.85. The number of hydrogen-bond donors (Lipinski definition) is 0. The Morgan fingerprint density at radius 1 is 1.10 bits per heavy atom. The second-order valence-electron chi connectivity index (χ2n) is 8.00. The average molecular weight is 441 g/mol. The van der Waals surface area contributed by atoms with E-state index in [2.05, 4.69) is 11.9 Å². The third kappa shape index (κ3) is 4.19. The van der Waals surface area contributed by atoms with E-state index in [0.29, 0.717) is 23.1 Å². The molecule has 31 heavy (non-hydrogen) atoms. The van der Waals surface area contributed by atoms with Gasteiger partial charge in [0.15, 0.2) is 0 Å². The van der Waals surface area contributed by atoms with Crippen LogP contribution < -0.4 is 9.64 Å². The fourth-order valence-electron chi connectivity index (χ4n) is 3.84. The summed E-state index contributed by atoms with van der Waals surface area (Å²) in [6.45, 7) is 5.72. The number of anilines is 1. The van der Waals surface area contributed by atoms with Gasteiger partial charge in [0, 0.05) is 13.1 Å². The maximum absolute atomic E-state index is 13.6. The Morgan fingerprint density at radius 3 is 2.42 bits per heavy atom. The van der Waals surface area contributed by atoms with Gasteiger partial charge in [-0.3, -0.25) is 0 Å². The summed E-state index contributed by atoms with van der Waals surface area (Å²) in [5.41, 5.74) is 1.71. The van der Waals surface area contributed by atoms with Crippen molar-refractivity contribution < 1.29 is 17.6 Å².